The van der Waals surface area contributed by atoms with Gasteiger partial charge < -0.3 is 15.3 Å². The second kappa shape index (κ2) is 5.93. The number of para-hydroxylation sites is 1. The van der Waals surface area contributed by atoms with Crippen LogP contribution in [0.1, 0.15) is 0 Å². The summed E-state index contributed by atoms with van der Waals surface area (Å²) in [6.45, 7) is 0. The lowest BCUT2D eigenvalue weighted by atomic mass is 10.1. The zero-order valence-electron chi connectivity index (χ0n) is 16.1. The first kappa shape index (κ1) is 16.8. The summed E-state index contributed by atoms with van der Waals surface area (Å²) in [5, 5.41) is 6.55. The van der Waals surface area contributed by atoms with E-state index in [9.17, 15) is 4.39 Å². The molecule has 0 bridgehead atoms. The van der Waals surface area contributed by atoms with E-state index in [1.807, 2.05) is 48.3 Å². The fourth-order valence-electron chi connectivity index (χ4n) is 4.12. The zero-order valence-corrected chi connectivity index (χ0v) is 16.1. The largest absolute Gasteiger partial charge is 0.384 e. The molecule has 30 heavy (non-hydrogen) atoms. The Morgan fingerprint density at radius 3 is 2.73 bits per heavy atom. The highest BCUT2D eigenvalue weighted by atomic mass is 19.1. The van der Waals surface area contributed by atoms with Crippen LogP contribution in [0, 0.1) is 5.82 Å². The number of H-pyrrole nitrogens is 1. The van der Waals surface area contributed by atoms with Gasteiger partial charge in [0.1, 0.15) is 11.6 Å². The molecule has 0 aliphatic rings. The van der Waals surface area contributed by atoms with Gasteiger partial charge in [-0.3, -0.25) is 0 Å². The van der Waals surface area contributed by atoms with Gasteiger partial charge in [-0.25, -0.2) is 9.37 Å². The molecule has 0 spiro atoms. The molecule has 146 valence electrons. The van der Waals surface area contributed by atoms with Gasteiger partial charge in [0, 0.05) is 64.5 Å². The van der Waals surface area contributed by atoms with Gasteiger partial charge in [0.2, 0.25) is 0 Å². The third kappa shape index (κ3) is 2.35. The second-order valence-electron chi connectivity index (χ2n) is 7.43. The number of nitrogens with one attached hydrogen (secondary N) is 1. The minimum absolute atomic E-state index is 0.282. The second-order valence-corrected chi connectivity index (χ2v) is 7.43. The van der Waals surface area contributed by atoms with Crippen molar-refractivity contribution in [1.82, 2.24) is 24.1 Å². The van der Waals surface area contributed by atoms with Gasteiger partial charge in [-0.15, -0.1) is 0 Å². The molecular formula is C23H17FN6. The number of rotatable bonds is 2. The number of nitrogens with zero attached hydrogens (tertiary/aromatic N) is 4. The van der Waals surface area contributed by atoms with Gasteiger partial charge in [0.25, 0.3) is 0 Å². The van der Waals surface area contributed by atoms with Crippen LogP contribution in [0.5, 0.6) is 0 Å². The number of nitrogen functional groups attached to an aromatic ring is 1. The average molecular weight is 396 g/mol. The standard InChI is InChI=1S/C23H17FN6/c1-29-12-17(15-8-13(24)6-7-21(15)29)19-9-22(25)30-23(27-19)10-20(28-30)16-11-26-18-5-3-2-4-14(16)18/h2-12,26H,25H2,1H3. The summed E-state index contributed by atoms with van der Waals surface area (Å²) >= 11 is 0. The molecule has 0 unspecified atom stereocenters. The first-order valence-corrected chi connectivity index (χ1v) is 9.56. The van der Waals surface area contributed by atoms with Gasteiger partial charge in [-0.05, 0) is 24.3 Å². The fraction of sp³-hybridized carbons (Fsp3) is 0.0435. The van der Waals surface area contributed by atoms with E-state index < -0.39 is 0 Å². The van der Waals surface area contributed by atoms with Crippen LogP contribution in [0.25, 0.3) is 50.0 Å². The van der Waals surface area contributed by atoms with Crippen molar-refractivity contribution in [2.75, 3.05) is 5.73 Å². The van der Waals surface area contributed by atoms with Crippen molar-refractivity contribution in [3.8, 4) is 22.5 Å². The van der Waals surface area contributed by atoms with Gasteiger partial charge in [0.05, 0.1) is 11.4 Å². The maximum Gasteiger partial charge on any atom is 0.158 e. The zero-order chi connectivity index (χ0) is 20.4. The third-order valence-corrected chi connectivity index (χ3v) is 5.55. The van der Waals surface area contributed by atoms with E-state index >= 15 is 0 Å². The molecule has 0 saturated heterocycles. The normalized spacial score (nSPS) is 11.8. The highest BCUT2D eigenvalue weighted by Gasteiger charge is 2.16. The Bertz CT molecular complexity index is 1590. The minimum Gasteiger partial charge on any atom is -0.384 e. The van der Waals surface area contributed by atoms with Crippen molar-refractivity contribution in [2.24, 2.45) is 7.05 Å². The summed E-state index contributed by atoms with van der Waals surface area (Å²) in [5.74, 6) is 0.185. The molecule has 0 fully saturated rings. The molecule has 6 rings (SSSR count). The summed E-state index contributed by atoms with van der Waals surface area (Å²) in [6.07, 6.45) is 3.89. The Morgan fingerprint density at radius 2 is 1.83 bits per heavy atom. The Labute approximate surface area is 170 Å². The monoisotopic (exact) mass is 396 g/mol. The van der Waals surface area contributed by atoms with Crippen LogP contribution in [0.2, 0.25) is 0 Å². The maximum atomic E-state index is 13.9. The Morgan fingerprint density at radius 1 is 0.967 bits per heavy atom. The molecule has 0 atom stereocenters. The number of anilines is 1. The number of benzene rings is 2. The molecule has 6 aromatic rings. The first-order valence-electron chi connectivity index (χ1n) is 9.56. The number of hydrogen-bond acceptors (Lipinski definition) is 3. The maximum absolute atomic E-state index is 13.9. The number of nitrogens with two attached hydrogens (primary N) is 1. The summed E-state index contributed by atoms with van der Waals surface area (Å²) in [7, 11) is 1.93. The van der Waals surface area contributed by atoms with Crippen LogP contribution < -0.4 is 5.73 Å². The van der Waals surface area contributed by atoms with E-state index in [4.69, 9.17) is 10.7 Å². The van der Waals surface area contributed by atoms with E-state index in [0.29, 0.717) is 17.2 Å². The van der Waals surface area contributed by atoms with Gasteiger partial charge >= 0.3 is 0 Å². The molecule has 0 amide bonds. The number of aromatic amines is 1. The van der Waals surface area contributed by atoms with Gasteiger partial charge in [0.15, 0.2) is 5.65 Å². The van der Waals surface area contributed by atoms with Crippen LogP contribution in [0.15, 0.2) is 67.0 Å². The highest BCUT2D eigenvalue weighted by molar-refractivity contribution is 5.97. The quantitative estimate of drug-likeness (QED) is 0.443. The van der Waals surface area contributed by atoms with E-state index in [-0.39, 0.29) is 5.82 Å². The van der Waals surface area contributed by atoms with Crippen molar-refractivity contribution in [2.45, 2.75) is 0 Å². The van der Waals surface area contributed by atoms with E-state index in [1.54, 1.807) is 16.6 Å². The predicted octanol–water partition coefficient (Wildman–Crippen LogP) is 4.76. The number of halogens is 1. The van der Waals surface area contributed by atoms with Crippen molar-refractivity contribution >= 4 is 33.3 Å². The molecule has 4 heterocycles. The molecule has 0 radical (unpaired) electrons. The fourth-order valence-corrected chi connectivity index (χ4v) is 4.12. The van der Waals surface area contributed by atoms with E-state index in [2.05, 4.69) is 16.1 Å². The lowest BCUT2D eigenvalue weighted by Crippen LogP contribution is -2.01. The molecule has 0 saturated carbocycles. The summed E-state index contributed by atoms with van der Waals surface area (Å²) < 4.78 is 17.5. The Hall–Kier alpha value is -4.13. The molecular weight excluding hydrogens is 379 g/mol. The molecule has 0 aliphatic carbocycles. The number of fused-ring (bicyclic) bond motifs is 3. The molecule has 6 nitrogen and oxygen atoms in total. The van der Waals surface area contributed by atoms with Crippen molar-refractivity contribution in [1.29, 1.82) is 0 Å². The lowest BCUT2D eigenvalue weighted by molar-refractivity contribution is 0.629. The van der Waals surface area contributed by atoms with Crippen molar-refractivity contribution in [3.05, 3.63) is 72.8 Å². The summed E-state index contributed by atoms with van der Waals surface area (Å²) in [6, 6.07) is 16.5. The van der Waals surface area contributed by atoms with Gasteiger partial charge in [-0.1, -0.05) is 18.2 Å². The topological polar surface area (TPSA) is 76.9 Å². The predicted molar refractivity (Wildman–Crippen MR) is 117 cm³/mol. The highest BCUT2D eigenvalue weighted by Crippen LogP contribution is 2.33. The Kier molecular flexibility index (Phi) is 3.32. The molecule has 7 heteroatoms. The third-order valence-electron chi connectivity index (χ3n) is 5.55. The molecule has 4 aromatic heterocycles. The van der Waals surface area contributed by atoms with Crippen LogP contribution in [-0.4, -0.2) is 24.1 Å². The number of hydrogen-bond donors (Lipinski definition) is 2. The Balaban J connectivity index is 1.56. The first-order chi connectivity index (χ1) is 14.6. The van der Waals surface area contributed by atoms with Crippen LogP contribution in [0.4, 0.5) is 10.2 Å². The van der Waals surface area contributed by atoms with Crippen molar-refractivity contribution in [3.63, 3.8) is 0 Å². The SMILES string of the molecule is Cn1cc(-c2cc(N)n3nc(-c4c[nH]c5ccccc45)cc3n2)c2cc(F)ccc21. The van der Waals surface area contributed by atoms with Crippen LogP contribution >= 0.6 is 0 Å². The summed E-state index contributed by atoms with van der Waals surface area (Å²) in [4.78, 5) is 8.06. The average Bonchev–Trinajstić information content (AvgIpc) is 3.43. The molecule has 3 N–H and O–H groups in total. The van der Waals surface area contributed by atoms with Crippen LogP contribution in [0.3, 0.4) is 0 Å². The smallest absolute Gasteiger partial charge is 0.158 e. The van der Waals surface area contributed by atoms with Crippen molar-refractivity contribution < 1.29 is 4.39 Å². The molecule has 2 aromatic carbocycles. The number of aryl methyl sites for hydroxylation is 1. The number of aromatic nitrogens is 5. The van der Waals surface area contributed by atoms with E-state index in [1.165, 1.54) is 12.1 Å². The van der Waals surface area contributed by atoms with E-state index in [0.717, 1.165) is 38.6 Å². The van der Waals surface area contributed by atoms with Crippen LogP contribution in [-0.2, 0) is 7.05 Å². The van der Waals surface area contributed by atoms with Gasteiger partial charge in [-0.2, -0.15) is 9.61 Å². The minimum atomic E-state index is -0.282. The lowest BCUT2D eigenvalue weighted by Gasteiger charge is -2.03. The summed E-state index contributed by atoms with van der Waals surface area (Å²) in [5.41, 5.74) is 12.2. The molecule has 0 aliphatic heterocycles.